The number of aryl methyl sites for hydroxylation is 2. The molecule has 3 rings (SSSR count). The van der Waals surface area contributed by atoms with E-state index in [4.69, 9.17) is 16.3 Å². The molecule has 0 unspecified atom stereocenters. The maximum absolute atomic E-state index is 12.0. The van der Waals surface area contributed by atoms with Crippen LogP contribution in [-0.2, 0) is 11.8 Å². The Labute approximate surface area is 160 Å². The average Bonchev–Trinajstić information content (AvgIpc) is 3.02. The van der Waals surface area contributed by atoms with Crippen molar-refractivity contribution >= 4 is 35.0 Å². The second-order valence-electron chi connectivity index (χ2n) is 5.60. The molecular weight excluding hydrogens is 372 g/mol. The van der Waals surface area contributed by atoms with Gasteiger partial charge in [0.25, 0.3) is 5.91 Å². The highest BCUT2D eigenvalue weighted by atomic mass is 35.5. The van der Waals surface area contributed by atoms with E-state index >= 15 is 0 Å². The van der Waals surface area contributed by atoms with Crippen molar-refractivity contribution in [1.29, 1.82) is 0 Å². The van der Waals surface area contributed by atoms with Crippen LogP contribution < -0.4 is 10.1 Å². The molecular formula is C18H17ClN4O2S. The average molecular weight is 389 g/mol. The molecule has 0 atom stereocenters. The molecule has 3 aromatic rings. The molecule has 1 heterocycles. The summed E-state index contributed by atoms with van der Waals surface area (Å²) >= 11 is 7.47. The lowest BCUT2D eigenvalue weighted by Crippen LogP contribution is -2.20. The van der Waals surface area contributed by atoms with E-state index in [1.165, 1.54) is 11.8 Å². The van der Waals surface area contributed by atoms with E-state index in [1.54, 1.807) is 24.5 Å². The SMILES string of the molecule is Cc1cc(OCC(=O)Nc2ccc(Sc3nncn3C)cc2)ccc1Cl. The fraction of sp³-hybridized carbons (Fsp3) is 0.167. The van der Waals surface area contributed by atoms with Gasteiger partial charge in [-0.3, -0.25) is 4.79 Å². The molecule has 6 nitrogen and oxygen atoms in total. The van der Waals surface area contributed by atoms with Gasteiger partial charge in [0.1, 0.15) is 12.1 Å². The Morgan fingerprint density at radius 2 is 2.04 bits per heavy atom. The van der Waals surface area contributed by atoms with Gasteiger partial charge in [0.05, 0.1) is 0 Å². The highest BCUT2D eigenvalue weighted by Gasteiger charge is 2.07. The van der Waals surface area contributed by atoms with Gasteiger partial charge in [0.15, 0.2) is 11.8 Å². The normalized spacial score (nSPS) is 10.6. The number of anilines is 1. The maximum Gasteiger partial charge on any atom is 0.262 e. The van der Waals surface area contributed by atoms with Crippen molar-refractivity contribution in [2.24, 2.45) is 7.05 Å². The number of amides is 1. The number of halogens is 1. The van der Waals surface area contributed by atoms with Crippen LogP contribution in [0, 0.1) is 6.92 Å². The molecule has 0 aliphatic heterocycles. The summed E-state index contributed by atoms with van der Waals surface area (Å²) in [6.45, 7) is 1.81. The van der Waals surface area contributed by atoms with Gasteiger partial charge in [-0.05, 0) is 66.7 Å². The molecule has 1 N–H and O–H groups in total. The first-order valence-corrected chi connectivity index (χ1v) is 9.01. The highest BCUT2D eigenvalue weighted by molar-refractivity contribution is 7.99. The summed E-state index contributed by atoms with van der Waals surface area (Å²) in [5, 5.41) is 12.1. The Morgan fingerprint density at radius 3 is 2.69 bits per heavy atom. The minimum atomic E-state index is -0.230. The number of benzene rings is 2. The van der Waals surface area contributed by atoms with E-state index in [0.717, 1.165) is 15.6 Å². The van der Waals surface area contributed by atoms with Crippen LogP contribution in [0.5, 0.6) is 5.75 Å². The van der Waals surface area contributed by atoms with Gasteiger partial charge in [-0.1, -0.05) is 11.6 Å². The number of nitrogens with zero attached hydrogens (tertiary/aromatic N) is 3. The lowest BCUT2D eigenvalue weighted by molar-refractivity contribution is -0.118. The Hall–Kier alpha value is -2.51. The highest BCUT2D eigenvalue weighted by Crippen LogP contribution is 2.26. The number of ether oxygens (including phenoxy) is 1. The Kier molecular flexibility index (Phi) is 5.80. The Bertz CT molecular complexity index is 912. The number of aromatic nitrogens is 3. The summed E-state index contributed by atoms with van der Waals surface area (Å²) < 4.78 is 7.33. The first kappa shape index (κ1) is 18.3. The standard InChI is InChI=1S/C18H17ClN4O2S/c1-12-9-14(5-8-16(12)19)25-10-17(24)21-13-3-6-15(7-4-13)26-18-22-20-11-23(18)2/h3-9,11H,10H2,1-2H3,(H,21,24). The lowest BCUT2D eigenvalue weighted by Gasteiger charge is -2.09. The van der Waals surface area contributed by atoms with Gasteiger partial charge < -0.3 is 14.6 Å². The minimum absolute atomic E-state index is 0.0729. The van der Waals surface area contributed by atoms with Crippen LogP contribution in [0.1, 0.15) is 5.56 Å². The lowest BCUT2D eigenvalue weighted by atomic mass is 10.2. The molecule has 0 radical (unpaired) electrons. The predicted octanol–water partition coefficient (Wildman–Crippen LogP) is 3.95. The number of carbonyl (C=O) groups excluding carboxylic acids is 1. The predicted molar refractivity (Wildman–Crippen MR) is 102 cm³/mol. The van der Waals surface area contributed by atoms with Gasteiger partial charge in [-0.2, -0.15) is 0 Å². The molecule has 0 aliphatic carbocycles. The molecule has 0 saturated carbocycles. The first-order valence-electron chi connectivity index (χ1n) is 7.82. The zero-order valence-corrected chi connectivity index (χ0v) is 15.8. The molecule has 134 valence electrons. The summed E-state index contributed by atoms with van der Waals surface area (Å²) in [5.74, 6) is 0.379. The van der Waals surface area contributed by atoms with E-state index in [2.05, 4.69) is 15.5 Å². The van der Waals surface area contributed by atoms with Gasteiger partial charge in [0.2, 0.25) is 0 Å². The van der Waals surface area contributed by atoms with Crippen LogP contribution in [-0.4, -0.2) is 27.3 Å². The molecule has 26 heavy (non-hydrogen) atoms. The minimum Gasteiger partial charge on any atom is -0.484 e. The topological polar surface area (TPSA) is 69.0 Å². The van der Waals surface area contributed by atoms with E-state index < -0.39 is 0 Å². The van der Waals surface area contributed by atoms with Crippen molar-refractivity contribution in [2.45, 2.75) is 17.0 Å². The van der Waals surface area contributed by atoms with Gasteiger partial charge in [0, 0.05) is 22.7 Å². The molecule has 0 saturated heterocycles. The summed E-state index contributed by atoms with van der Waals surface area (Å²) in [6, 6.07) is 12.8. The number of rotatable bonds is 6. The second-order valence-corrected chi connectivity index (χ2v) is 7.05. The van der Waals surface area contributed by atoms with Crippen LogP contribution in [0.25, 0.3) is 0 Å². The zero-order chi connectivity index (χ0) is 18.5. The van der Waals surface area contributed by atoms with Crippen molar-refractivity contribution in [1.82, 2.24) is 14.8 Å². The smallest absolute Gasteiger partial charge is 0.262 e. The third-order valence-corrected chi connectivity index (χ3v) is 5.00. The Morgan fingerprint density at radius 1 is 1.27 bits per heavy atom. The zero-order valence-electron chi connectivity index (χ0n) is 14.3. The molecule has 2 aromatic carbocycles. The first-order chi connectivity index (χ1) is 12.5. The fourth-order valence-corrected chi connectivity index (χ4v) is 3.01. The van der Waals surface area contributed by atoms with Crippen molar-refractivity contribution < 1.29 is 9.53 Å². The quantitative estimate of drug-likeness (QED) is 0.692. The van der Waals surface area contributed by atoms with Gasteiger partial charge >= 0.3 is 0 Å². The molecule has 1 amide bonds. The van der Waals surface area contributed by atoms with E-state index in [0.29, 0.717) is 16.5 Å². The van der Waals surface area contributed by atoms with E-state index in [-0.39, 0.29) is 12.5 Å². The summed E-state index contributed by atoms with van der Waals surface area (Å²) in [6.07, 6.45) is 1.65. The summed E-state index contributed by atoms with van der Waals surface area (Å²) in [4.78, 5) is 13.0. The molecule has 0 aliphatic rings. The maximum atomic E-state index is 12.0. The number of hydrogen-bond donors (Lipinski definition) is 1. The van der Waals surface area contributed by atoms with Crippen LogP contribution in [0.15, 0.2) is 58.8 Å². The van der Waals surface area contributed by atoms with Crippen molar-refractivity contribution in [3.8, 4) is 5.75 Å². The number of hydrogen-bond acceptors (Lipinski definition) is 5. The molecule has 8 heteroatoms. The summed E-state index contributed by atoms with van der Waals surface area (Å²) in [5.41, 5.74) is 1.61. The monoisotopic (exact) mass is 388 g/mol. The fourth-order valence-electron chi connectivity index (χ4n) is 2.13. The van der Waals surface area contributed by atoms with Crippen LogP contribution in [0.4, 0.5) is 5.69 Å². The van der Waals surface area contributed by atoms with E-state index in [1.807, 2.05) is 42.8 Å². The molecule has 1 aromatic heterocycles. The van der Waals surface area contributed by atoms with Crippen molar-refractivity contribution in [3.05, 3.63) is 59.4 Å². The third kappa shape index (κ3) is 4.77. The van der Waals surface area contributed by atoms with E-state index in [9.17, 15) is 4.79 Å². The van der Waals surface area contributed by atoms with Gasteiger partial charge in [-0.15, -0.1) is 10.2 Å². The largest absolute Gasteiger partial charge is 0.484 e. The number of carbonyl (C=O) groups is 1. The molecule has 0 fully saturated rings. The van der Waals surface area contributed by atoms with Crippen LogP contribution >= 0.6 is 23.4 Å². The molecule has 0 bridgehead atoms. The van der Waals surface area contributed by atoms with Crippen LogP contribution in [0.3, 0.4) is 0 Å². The van der Waals surface area contributed by atoms with Gasteiger partial charge in [-0.25, -0.2) is 0 Å². The molecule has 0 spiro atoms. The second kappa shape index (κ2) is 8.25. The van der Waals surface area contributed by atoms with Crippen molar-refractivity contribution in [3.63, 3.8) is 0 Å². The van der Waals surface area contributed by atoms with Crippen LogP contribution in [0.2, 0.25) is 5.02 Å². The van der Waals surface area contributed by atoms with Crippen molar-refractivity contribution in [2.75, 3.05) is 11.9 Å². The Balaban J connectivity index is 1.52. The summed E-state index contributed by atoms with van der Waals surface area (Å²) in [7, 11) is 1.89. The third-order valence-electron chi connectivity index (χ3n) is 3.52. The number of nitrogens with one attached hydrogen (secondary N) is 1.